The standard InChI is InChI=1S/C15H19ClN2OS/c16-14-7-6-13(20-14)12-10-15(17)19-18(12)9-8-11-4-2-1-3-5-11/h4,6-7,10,12H,1-3,5,8-9,17H2. The van der Waals surface area contributed by atoms with Crippen molar-refractivity contribution < 1.29 is 4.84 Å². The molecule has 0 saturated carbocycles. The van der Waals surface area contributed by atoms with Gasteiger partial charge in [0.25, 0.3) is 0 Å². The van der Waals surface area contributed by atoms with E-state index < -0.39 is 0 Å². The van der Waals surface area contributed by atoms with Gasteiger partial charge in [0.05, 0.1) is 4.34 Å². The van der Waals surface area contributed by atoms with Gasteiger partial charge in [0, 0.05) is 17.5 Å². The Morgan fingerprint density at radius 3 is 3.00 bits per heavy atom. The average Bonchev–Trinajstić information content (AvgIpc) is 3.03. The Balaban J connectivity index is 1.64. The van der Waals surface area contributed by atoms with Gasteiger partial charge in [-0.3, -0.25) is 0 Å². The maximum atomic E-state index is 6.02. The third-order valence-electron chi connectivity index (χ3n) is 3.78. The summed E-state index contributed by atoms with van der Waals surface area (Å²) in [5.41, 5.74) is 7.37. The molecule has 2 N–H and O–H groups in total. The van der Waals surface area contributed by atoms with E-state index in [0.717, 1.165) is 17.3 Å². The molecule has 108 valence electrons. The molecular formula is C15H19ClN2OS. The molecule has 1 aromatic heterocycles. The molecule has 0 saturated heterocycles. The largest absolute Gasteiger partial charge is 0.388 e. The molecule has 1 aromatic rings. The fraction of sp³-hybridized carbons (Fsp3) is 0.467. The molecule has 1 aliphatic carbocycles. The van der Waals surface area contributed by atoms with Crippen molar-refractivity contribution >= 4 is 22.9 Å². The molecule has 20 heavy (non-hydrogen) atoms. The highest BCUT2D eigenvalue weighted by atomic mass is 35.5. The Kier molecular flexibility index (Phi) is 4.34. The summed E-state index contributed by atoms with van der Waals surface area (Å²) >= 11 is 7.60. The maximum Gasteiger partial charge on any atom is 0.207 e. The molecule has 0 radical (unpaired) electrons. The van der Waals surface area contributed by atoms with Crippen LogP contribution >= 0.6 is 22.9 Å². The Labute approximate surface area is 128 Å². The fourth-order valence-corrected chi connectivity index (χ4v) is 3.88. The lowest BCUT2D eigenvalue weighted by Crippen LogP contribution is -2.24. The Morgan fingerprint density at radius 1 is 1.40 bits per heavy atom. The van der Waals surface area contributed by atoms with E-state index in [2.05, 4.69) is 6.08 Å². The Morgan fingerprint density at radius 2 is 2.30 bits per heavy atom. The number of nitrogens with zero attached hydrogens (tertiary/aromatic N) is 1. The molecule has 1 atom stereocenters. The summed E-state index contributed by atoms with van der Waals surface area (Å²) in [4.78, 5) is 6.81. The van der Waals surface area contributed by atoms with E-state index in [9.17, 15) is 0 Å². The van der Waals surface area contributed by atoms with Crippen molar-refractivity contribution in [3.8, 4) is 0 Å². The number of nitrogens with two attached hydrogens (primary N) is 1. The second-order valence-corrected chi connectivity index (χ2v) is 6.99. The molecule has 0 bridgehead atoms. The van der Waals surface area contributed by atoms with Crippen LogP contribution in [-0.2, 0) is 4.84 Å². The minimum Gasteiger partial charge on any atom is -0.388 e. The summed E-state index contributed by atoms with van der Waals surface area (Å²) in [7, 11) is 0. The SMILES string of the molecule is NC1=CC(c2ccc(Cl)s2)N(CCC2=CCCCC2)O1. The molecule has 3 nitrogen and oxygen atoms in total. The van der Waals surface area contributed by atoms with Crippen LogP contribution in [0.25, 0.3) is 0 Å². The van der Waals surface area contributed by atoms with Crippen LogP contribution in [0, 0.1) is 0 Å². The van der Waals surface area contributed by atoms with Crippen LogP contribution in [-0.4, -0.2) is 11.6 Å². The molecule has 1 unspecified atom stereocenters. The zero-order valence-electron chi connectivity index (χ0n) is 11.3. The average molecular weight is 311 g/mol. The zero-order chi connectivity index (χ0) is 13.9. The van der Waals surface area contributed by atoms with E-state index in [0.29, 0.717) is 5.88 Å². The smallest absolute Gasteiger partial charge is 0.207 e. The monoisotopic (exact) mass is 310 g/mol. The van der Waals surface area contributed by atoms with Crippen LogP contribution in [0.5, 0.6) is 0 Å². The van der Waals surface area contributed by atoms with Gasteiger partial charge >= 0.3 is 0 Å². The molecule has 2 aliphatic rings. The summed E-state index contributed by atoms with van der Waals surface area (Å²) in [5, 5.41) is 1.97. The van der Waals surface area contributed by atoms with Gasteiger partial charge in [-0.15, -0.1) is 16.4 Å². The van der Waals surface area contributed by atoms with Crippen molar-refractivity contribution in [3.63, 3.8) is 0 Å². The van der Waals surface area contributed by atoms with E-state index in [4.69, 9.17) is 22.2 Å². The lowest BCUT2D eigenvalue weighted by Gasteiger charge is -2.23. The fourth-order valence-electron chi connectivity index (χ4n) is 2.74. The van der Waals surface area contributed by atoms with Gasteiger partial charge in [-0.05, 0) is 44.2 Å². The van der Waals surface area contributed by atoms with Gasteiger partial charge in [-0.1, -0.05) is 23.3 Å². The lowest BCUT2D eigenvalue weighted by molar-refractivity contribution is -0.118. The highest BCUT2D eigenvalue weighted by molar-refractivity contribution is 7.16. The molecule has 1 aliphatic heterocycles. The van der Waals surface area contributed by atoms with Gasteiger partial charge in [0.15, 0.2) is 0 Å². The van der Waals surface area contributed by atoms with Gasteiger partial charge in [0.2, 0.25) is 5.88 Å². The Hall–Kier alpha value is -0.970. The first-order valence-electron chi connectivity index (χ1n) is 7.07. The predicted molar refractivity (Wildman–Crippen MR) is 83.3 cm³/mol. The first-order chi connectivity index (χ1) is 9.72. The molecule has 3 rings (SSSR count). The normalized spacial score (nSPS) is 23.4. The molecule has 2 heterocycles. The first kappa shape index (κ1) is 14.0. The molecule has 5 heteroatoms. The van der Waals surface area contributed by atoms with Crippen molar-refractivity contribution in [1.29, 1.82) is 0 Å². The van der Waals surface area contributed by atoms with E-state index in [-0.39, 0.29) is 6.04 Å². The van der Waals surface area contributed by atoms with Crippen LogP contribution in [0.3, 0.4) is 0 Å². The number of hydrogen-bond donors (Lipinski definition) is 1. The minimum atomic E-state index is 0.0942. The maximum absolute atomic E-state index is 6.02. The second-order valence-electron chi connectivity index (χ2n) is 5.25. The zero-order valence-corrected chi connectivity index (χ0v) is 12.9. The summed E-state index contributed by atoms with van der Waals surface area (Å²) in [5.74, 6) is 0.483. The highest BCUT2D eigenvalue weighted by Gasteiger charge is 2.28. The first-order valence-corrected chi connectivity index (χ1v) is 8.27. The second kappa shape index (κ2) is 6.20. The van der Waals surface area contributed by atoms with Crippen molar-refractivity contribution in [2.45, 2.75) is 38.1 Å². The molecular weight excluding hydrogens is 292 g/mol. The van der Waals surface area contributed by atoms with E-state index in [1.807, 2.05) is 23.3 Å². The summed E-state index contributed by atoms with van der Waals surface area (Å²) in [6, 6.07) is 4.06. The number of hydrogen-bond acceptors (Lipinski definition) is 4. The van der Waals surface area contributed by atoms with Gasteiger partial charge in [0.1, 0.15) is 6.04 Å². The lowest BCUT2D eigenvalue weighted by atomic mass is 9.97. The van der Waals surface area contributed by atoms with Gasteiger partial charge in [-0.2, -0.15) is 0 Å². The van der Waals surface area contributed by atoms with Crippen LogP contribution < -0.4 is 5.73 Å². The van der Waals surface area contributed by atoms with Crippen LogP contribution in [0.2, 0.25) is 4.34 Å². The van der Waals surface area contributed by atoms with Crippen molar-refractivity contribution in [2.24, 2.45) is 5.73 Å². The third-order valence-corrected chi connectivity index (χ3v) is 5.08. The number of thiophene rings is 1. The van der Waals surface area contributed by atoms with Gasteiger partial charge < -0.3 is 10.6 Å². The number of halogens is 1. The third kappa shape index (κ3) is 3.19. The summed E-state index contributed by atoms with van der Waals surface area (Å²) < 4.78 is 0.800. The molecule has 0 aromatic carbocycles. The minimum absolute atomic E-state index is 0.0942. The van der Waals surface area contributed by atoms with Crippen LogP contribution in [0.15, 0.2) is 35.7 Å². The van der Waals surface area contributed by atoms with E-state index in [1.54, 1.807) is 16.9 Å². The molecule has 0 amide bonds. The number of hydroxylamine groups is 2. The van der Waals surface area contributed by atoms with Crippen molar-refractivity contribution in [1.82, 2.24) is 5.06 Å². The molecule has 0 spiro atoms. The predicted octanol–water partition coefficient (Wildman–Crippen LogP) is 4.38. The molecule has 0 fully saturated rings. The van der Waals surface area contributed by atoms with Crippen molar-refractivity contribution in [3.05, 3.63) is 45.0 Å². The highest BCUT2D eigenvalue weighted by Crippen LogP contribution is 2.36. The van der Waals surface area contributed by atoms with E-state index in [1.165, 1.54) is 30.6 Å². The summed E-state index contributed by atoms with van der Waals surface area (Å²) in [6.07, 6.45) is 10.5. The topological polar surface area (TPSA) is 38.5 Å². The van der Waals surface area contributed by atoms with E-state index >= 15 is 0 Å². The quantitative estimate of drug-likeness (QED) is 0.839. The number of allylic oxidation sites excluding steroid dienone is 1. The van der Waals surface area contributed by atoms with Crippen molar-refractivity contribution in [2.75, 3.05) is 6.54 Å². The van der Waals surface area contributed by atoms with Gasteiger partial charge in [-0.25, -0.2) is 0 Å². The Bertz CT molecular complexity index is 538. The van der Waals surface area contributed by atoms with Crippen LogP contribution in [0.1, 0.15) is 43.0 Å². The number of rotatable bonds is 4. The van der Waals surface area contributed by atoms with Crippen LogP contribution in [0.4, 0.5) is 0 Å². The summed E-state index contributed by atoms with van der Waals surface area (Å²) in [6.45, 7) is 0.864.